The van der Waals surface area contributed by atoms with Gasteiger partial charge in [0.15, 0.2) is 0 Å². The van der Waals surface area contributed by atoms with Gasteiger partial charge in [-0.3, -0.25) is 0 Å². The summed E-state index contributed by atoms with van der Waals surface area (Å²) in [7, 11) is 0. The first-order valence-electron chi connectivity index (χ1n) is 14.2. The van der Waals surface area contributed by atoms with Crippen LogP contribution in [0.2, 0.25) is 0 Å². The molecule has 3 aliphatic rings. The summed E-state index contributed by atoms with van der Waals surface area (Å²) in [4.78, 5) is 0. The summed E-state index contributed by atoms with van der Waals surface area (Å²) in [6.07, 6.45) is 19.3. The van der Waals surface area contributed by atoms with Gasteiger partial charge in [0, 0.05) is 5.92 Å². The zero-order valence-electron chi connectivity index (χ0n) is 22.6. The number of allylic oxidation sites excluding steroid dienone is 4. The smallest absolute Gasteiger partial charge is 0.0839 e. The third kappa shape index (κ3) is 6.16. The van der Waals surface area contributed by atoms with Crippen molar-refractivity contribution in [3.63, 3.8) is 0 Å². The number of rotatable bonds is 10. The minimum Gasteiger partial charge on any atom is -0.392 e. The molecule has 34 heavy (non-hydrogen) atoms. The molecule has 3 saturated carbocycles. The molecule has 0 aromatic carbocycles. The Labute approximate surface area is 210 Å². The molecule has 0 aromatic rings. The normalized spacial score (nSPS) is 37.4. The average Bonchev–Trinajstić information content (AvgIpc) is 3.15. The Balaban J connectivity index is 1.68. The van der Waals surface area contributed by atoms with Crippen molar-refractivity contribution in [1.82, 2.24) is 0 Å². The van der Waals surface area contributed by atoms with Crippen LogP contribution in [0.15, 0.2) is 48.1 Å². The molecule has 0 radical (unpaired) electrons. The Morgan fingerprint density at radius 2 is 1.85 bits per heavy atom. The summed E-state index contributed by atoms with van der Waals surface area (Å²) in [5.41, 5.74) is 3.88. The molecule has 2 nitrogen and oxygen atoms in total. The molecule has 0 bridgehead atoms. The van der Waals surface area contributed by atoms with Crippen LogP contribution in [0.25, 0.3) is 0 Å². The molecular formula is C32H52O2. The molecule has 3 rings (SSSR count). The highest BCUT2D eigenvalue weighted by molar-refractivity contribution is 5.39. The van der Waals surface area contributed by atoms with Gasteiger partial charge in [-0.1, -0.05) is 77.3 Å². The fraction of sp³-hybridized carbons (Fsp3) is 0.750. The molecule has 0 unspecified atom stereocenters. The Morgan fingerprint density at radius 3 is 2.56 bits per heavy atom. The highest BCUT2D eigenvalue weighted by Gasteiger charge is 2.50. The van der Waals surface area contributed by atoms with Gasteiger partial charge in [-0.15, -0.1) is 6.58 Å². The number of aliphatic hydroxyl groups excluding tert-OH is 2. The fourth-order valence-electron chi connectivity index (χ4n) is 7.66. The van der Waals surface area contributed by atoms with E-state index < -0.39 is 12.2 Å². The molecule has 0 spiro atoms. The van der Waals surface area contributed by atoms with E-state index in [1.807, 2.05) is 6.08 Å². The largest absolute Gasteiger partial charge is 0.392 e. The predicted octanol–water partition coefficient (Wildman–Crippen LogP) is 8.17. The van der Waals surface area contributed by atoms with Crippen molar-refractivity contribution in [1.29, 1.82) is 0 Å². The molecule has 3 fully saturated rings. The topological polar surface area (TPSA) is 40.5 Å². The SMILES string of the molecule is C=CCCC[C@@H]1[C@H](O)CC(=CC=C2CCC[C@]3(C)[C@@H]([C@H](C)CCCC(C)C)CC[C@@H]23)C(=C)[C@H]1O. The minimum atomic E-state index is -0.641. The fourth-order valence-corrected chi connectivity index (χ4v) is 7.66. The van der Waals surface area contributed by atoms with E-state index in [9.17, 15) is 10.2 Å². The second-order valence-corrected chi connectivity index (χ2v) is 12.5. The van der Waals surface area contributed by atoms with Crippen LogP contribution in [0, 0.1) is 35.0 Å². The summed E-state index contributed by atoms with van der Waals surface area (Å²) in [5.74, 6) is 3.04. The zero-order valence-corrected chi connectivity index (χ0v) is 22.6. The van der Waals surface area contributed by atoms with Crippen molar-refractivity contribution < 1.29 is 10.2 Å². The van der Waals surface area contributed by atoms with Crippen molar-refractivity contribution in [2.75, 3.05) is 0 Å². The van der Waals surface area contributed by atoms with Gasteiger partial charge in [0.25, 0.3) is 0 Å². The number of unbranched alkanes of at least 4 members (excludes halogenated alkanes) is 1. The van der Waals surface area contributed by atoms with Crippen LogP contribution in [-0.4, -0.2) is 22.4 Å². The Kier molecular flexibility index (Phi) is 9.87. The second-order valence-electron chi connectivity index (χ2n) is 12.5. The summed E-state index contributed by atoms with van der Waals surface area (Å²) in [5, 5.41) is 21.6. The van der Waals surface area contributed by atoms with Gasteiger partial charge in [-0.2, -0.15) is 0 Å². The summed E-state index contributed by atoms with van der Waals surface area (Å²) in [6, 6.07) is 0. The first-order valence-corrected chi connectivity index (χ1v) is 14.2. The van der Waals surface area contributed by atoms with E-state index in [4.69, 9.17) is 0 Å². The molecular weight excluding hydrogens is 416 g/mol. The number of fused-ring (bicyclic) bond motifs is 1. The van der Waals surface area contributed by atoms with Crippen LogP contribution in [0.4, 0.5) is 0 Å². The monoisotopic (exact) mass is 468 g/mol. The lowest BCUT2D eigenvalue weighted by Gasteiger charge is -2.44. The third-order valence-corrected chi connectivity index (χ3v) is 9.71. The van der Waals surface area contributed by atoms with Crippen molar-refractivity contribution in [3.8, 4) is 0 Å². The van der Waals surface area contributed by atoms with Gasteiger partial charge < -0.3 is 10.2 Å². The van der Waals surface area contributed by atoms with Gasteiger partial charge in [0.1, 0.15) is 0 Å². The molecule has 0 saturated heterocycles. The van der Waals surface area contributed by atoms with Crippen LogP contribution in [-0.2, 0) is 0 Å². The summed E-state index contributed by atoms with van der Waals surface area (Å²) in [6.45, 7) is 17.8. The third-order valence-electron chi connectivity index (χ3n) is 9.71. The maximum Gasteiger partial charge on any atom is 0.0839 e. The highest BCUT2D eigenvalue weighted by atomic mass is 16.3. The predicted molar refractivity (Wildman–Crippen MR) is 145 cm³/mol. The quantitative estimate of drug-likeness (QED) is 0.251. The summed E-state index contributed by atoms with van der Waals surface area (Å²) < 4.78 is 0. The van der Waals surface area contributed by atoms with Crippen LogP contribution >= 0.6 is 0 Å². The Hall–Kier alpha value is -1.12. The lowest BCUT2D eigenvalue weighted by Crippen LogP contribution is -2.38. The maximum absolute atomic E-state index is 10.9. The van der Waals surface area contributed by atoms with Gasteiger partial charge in [0.2, 0.25) is 0 Å². The second kappa shape index (κ2) is 12.2. The maximum atomic E-state index is 10.9. The van der Waals surface area contributed by atoms with E-state index in [1.54, 1.807) is 5.57 Å². The standard InChI is InChI=1S/C32H52O2/c1-7-8-9-15-27-30(33)21-26(24(5)31(27)34)17-16-25-14-11-20-32(6)28(18-19-29(25)32)23(4)13-10-12-22(2)3/h7,16-17,22-23,27-31,33-34H,1,5,8-15,18-21H2,2-4,6H3/t23-,27-,28-,29+,30-,31-,32-/m1/s1. The summed E-state index contributed by atoms with van der Waals surface area (Å²) >= 11 is 0. The van der Waals surface area contributed by atoms with E-state index in [1.165, 1.54) is 51.4 Å². The van der Waals surface area contributed by atoms with Gasteiger partial charge >= 0.3 is 0 Å². The molecule has 3 aliphatic carbocycles. The van der Waals surface area contributed by atoms with Crippen LogP contribution in [0.5, 0.6) is 0 Å². The Morgan fingerprint density at radius 1 is 1.09 bits per heavy atom. The molecule has 2 heteroatoms. The van der Waals surface area contributed by atoms with E-state index in [0.717, 1.165) is 48.2 Å². The first kappa shape index (κ1) is 27.5. The molecule has 0 amide bonds. The van der Waals surface area contributed by atoms with E-state index in [2.05, 4.69) is 53.0 Å². The van der Waals surface area contributed by atoms with Gasteiger partial charge in [-0.05, 0) is 98.0 Å². The molecule has 2 N–H and O–H groups in total. The van der Waals surface area contributed by atoms with E-state index in [-0.39, 0.29) is 5.92 Å². The molecule has 0 aliphatic heterocycles. The Bertz CT molecular complexity index is 759. The van der Waals surface area contributed by atoms with Crippen LogP contribution < -0.4 is 0 Å². The zero-order chi connectivity index (χ0) is 24.9. The number of hydrogen-bond donors (Lipinski definition) is 2. The minimum absolute atomic E-state index is 0.108. The van der Waals surface area contributed by atoms with Gasteiger partial charge in [-0.25, -0.2) is 0 Å². The van der Waals surface area contributed by atoms with Crippen LogP contribution in [0.1, 0.15) is 105 Å². The highest BCUT2D eigenvalue weighted by Crippen LogP contribution is 2.60. The van der Waals surface area contributed by atoms with Crippen molar-refractivity contribution >= 4 is 0 Å². The lowest BCUT2D eigenvalue weighted by atomic mass is 9.60. The molecule has 0 aromatic heterocycles. The number of hydrogen-bond acceptors (Lipinski definition) is 2. The van der Waals surface area contributed by atoms with Crippen LogP contribution in [0.3, 0.4) is 0 Å². The van der Waals surface area contributed by atoms with Crippen molar-refractivity contribution in [2.24, 2.45) is 35.0 Å². The van der Waals surface area contributed by atoms with Gasteiger partial charge in [0.05, 0.1) is 12.2 Å². The molecule has 192 valence electrons. The average molecular weight is 469 g/mol. The van der Waals surface area contributed by atoms with E-state index in [0.29, 0.717) is 17.8 Å². The van der Waals surface area contributed by atoms with Crippen molar-refractivity contribution in [2.45, 2.75) is 117 Å². The van der Waals surface area contributed by atoms with Crippen molar-refractivity contribution in [3.05, 3.63) is 48.1 Å². The number of aliphatic hydroxyl groups is 2. The molecule has 7 atom stereocenters. The van der Waals surface area contributed by atoms with E-state index >= 15 is 0 Å². The molecule has 0 heterocycles. The first-order chi connectivity index (χ1) is 16.2. The lowest BCUT2D eigenvalue weighted by molar-refractivity contribution is 0.0133.